The van der Waals surface area contributed by atoms with Gasteiger partial charge in [-0.05, 0) is 23.8 Å². The molecule has 0 fully saturated rings. The van der Waals surface area contributed by atoms with E-state index in [2.05, 4.69) is 4.98 Å². The predicted octanol–water partition coefficient (Wildman–Crippen LogP) is 0.484. The van der Waals surface area contributed by atoms with E-state index in [4.69, 9.17) is 10.2 Å². The van der Waals surface area contributed by atoms with Crippen LogP contribution in [0.3, 0.4) is 0 Å². The summed E-state index contributed by atoms with van der Waals surface area (Å²) in [6.07, 6.45) is 0. The second-order valence-electron chi connectivity index (χ2n) is 3.55. The Morgan fingerprint density at radius 2 is 2.00 bits per heavy atom. The summed E-state index contributed by atoms with van der Waals surface area (Å²) in [5.41, 5.74) is 0. The highest BCUT2D eigenvalue weighted by Gasteiger charge is 2.35. The molecule has 0 aliphatic rings. The second-order valence-corrected chi connectivity index (χ2v) is 3.55. The maximum atomic E-state index is 10.8. The van der Waals surface area contributed by atoms with E-state index in [0.717, 1.165) is 0 Å². The zero-order chi connectivity index (χ0) is 13.3. The summed E-state index contributed by atoms with van der Waals surface area (Å²) in [7, 11) is 0. The van der Waals surface area contributed by atoms with Gasteiger partial charge < -0.3 is 25.4 Å². The Morgan fingerprint density at radius 3 is 2.41 bits per heavy atom. The van der Waals surface area contributed by atoms with Crippen molar-refractivity contribution in [3.8, 4) is 11.8 Å². The van der Waals surface area contributed by atoms with Crippen LogP contribution in [0.25, 0.3) is 0 Å². The highest BCUT2D eigenvalue weighted by Crippen LogP contribution is 2.35. The molecule has 94 valence electrons. The Bertz CT molecular complexity index is 468. The number of nitrogens with zero attached hydrogens (tertiary/aromatic N) is 3. The monoisotopic (exact) mass is 245 g/mol. The first kappa shape index (κ1) is 12.7. The number of aromatic hydroxyl groups is 2. The number of imidazole rings is 1. The van der Waals surface area contributed by atoms with Crippen LogP contribution in [0, 0.1) is 16.0 Å². The van der Waals surface area contributed by atoms with Gasteiger partial charge in [0, 0.05) is 0 Å². The molecular weight excluding hydrogens is 234 g/mol. The summed E-state index contributed by atoms with van der Waals surface area (Å²) in [5, 5.41) is 38.0. The predicted molar refractivity (Wildman–Crippen MR) is 53.7 cm³/mol. The number of nitro groups is 1. The van der Waals surface area contributed by atoms with Crippen molar-refractivity contribution in [1.29, 1.82) is 0 Å². The molecule has 0 aliphatic carbocycles. The Morgan fingerprint density at radius 1 is 1.47 bits per heavy atom. The number of carboxylic acids is 1. The first-order chi connectivity index (χ1) is 7.77. The standard InChI is InChI=1S/C8H11N3O6/c1-3(7(14)15)4(2)10-6(13)5(12)9-8(10)11(16)17/h3-4,12-13H,1-2H3,(H,14,15). The van der Waals surface area contributed by atoms with Crippen LogP contribution in [-0.4, -0.2) is 35.8 Å². The minimum Gasteiger partial charge on any atom is -0.481 e. The van der Waals surface area contributed by atoms with Crippen LogP contribution >= 0.6 is 0 Å². The van der Waals surface area contributed by atoms with Crippen molar-refractivity contribution in [1.82, 2.24) is 9.55 Å². The molecule has 2 unspecified atom stereocenters. The van der Waals surface area contributed by atoms with Gasteiger partial charge in [0.2, 0.25) is 0 Å². The minimum absolute atomic E-state index is 0.675. The molecule has 0 amide bonds. The summed E-state index contributed by atoms with van der Waals surface area (Å²) in [4.78, 5) is 23.6. The van der Waals surface area contributed by atoms with Crippen molar-refractivity contribution in [2.75, 3.05) is 0 Å². The number of hydrogen-bond donors (Lipinski definition) is 3. The van der Waals surface area contributed by atoms with Crippen molar-refractivity contribution in [3.63, 3.8) is 0 Å². The summed E-state index contributed by atoms with van der Waals surface area (Å²) in [6, 6.07) is -0.929. The Hall–Kier alpha value is -2.32. The Balaban J connectivity index is 3.29. The van der Waals surface area contributed by atoms with E-state index in [1.807, 2.05) is 0 Å². The molecule has 0 aromatic carbocycles. The number of hydrogen-bond acceptors (Lipinski definition) is 6. The molecule has 3 N–H and O–H groups in total. The molecule has 0 saturated carbocycles. The molecule has 9 heteroatoms. The van der Waals surface area contributed by atoms with E-state index in [0.29, 0.717) is 4.57 Å². The Kier molecular flexibility index (Phi) is 3.21. The summed E-state index contributed by atoms with van der Waals surface area (Å²) < 4.78 is 0.675. The van der Waals surface area contributed by atoms with Gasteiger partial charge >= 0.3 is 23.7 Å². The van der Waals surface area contributed by atoms with Crippen molar-refractivity contribution < 1.29 is 25.0 Å². The van der Waals surface area contributed by atoms with E-state index in [-0.39, 0.29) is 0 Å². The highest BCUT2D eigenvalue weighted by atomic mass is 16.6. The molecule has 0 bridgehead atoms. The maximum absolute atomic E-state index is 10.8. The average Bonchev–Trinajstić information content (AvgIpc) is 2.53. The van der Waals surface area contributed by atoms with Crippen LogP contribution in [0.15, 0.2) is 0 Å². The number of carbonyl (C=O) groups is 1. The fraction of sp³-hybridized carbons (Fsp3) is 0.500. The third-order valence-corrected chi connectivity index (χ3v) is 2.53. The van der Waals surface area contributed by atoms with E-state index >= 15 is 0 Å². The summed E-state index contributed by atoms with van der Waals surface area (Å²) in [6.45, 7) is 2.69. The molecule has 17 heavy (non-hydrogen) atoms. The topological polar surface area (TPSA) is 139 Å². The molecule has 1 aromatic heterocycles. The van der Waals surface area contributed by atoms with Gasteiger partial charge in [0.15, 0.2) is 0 Å². The van der Waals surface area contributed by atoms with Crippen molar-refractivity contribution in [2.24, 2.45) is 5.92 Å². The quantitative estimate of drug-likeness (QED) is 0.517. The Labute approximate surface area is 95.1 Å². The number of carboxylic acid groups (broad SMARTS) is 1. The van der Waals surface area contributed by atoms with Gasteiger partial charge in [0.25, 0.3) is 0 Å². The van der Waals surface area contributed by atoms with Crippen LogP contribution in [-0.2, 0) is 4.79 Å². The molecular formula is C8H11N3O6. The molecule has 0 radical (unpaired) electrons. The van der Waals surface area contributed by atoms with Crippen LogP contribution in [0.5, 0.6) is 11.8 Å². The van der Waals surface area contributed by atoms with Crippen LogP contribution in [0.2, 0.25) is 0 Å². The van der Waals surface area contributed by atoms with Gasteiger partial charge in [-0.25, -0.2) is 0 Å². The van der Waals surface area contributed by atoms with Crippen molar-refractivity contribution in [3.05, 3.63) is 10.1 Å². The molecule has 2 atom stereocenters. The lowest BCUT2D eigenvalue weighted by Gasteiger charge is -2.15. The first-order valence-electron chi connectivity index (χ1n) is 4.64. The SMILES string of the molecule is CC(C(=O)O)C(C)n1c([N+](=O)[O-])nc(O)c1O. The average molecular weight is 245 g/mol. The number of aromatic nitrogens is 2. The first-order valence-corrected chi connectivity index (χ1v) is 4.64. The van der Waals surface area contributed by atoms with Crippen LogP contribution < -0.4 is 0 Å². The van der Waals surface area contributed by atoms with Crippen LogP contribution in [0.4, 0.5) is 5.95 Å². The molecule has 1 aromatic rings. The third-order valence-electron chi connectivity index (χ3n) is 2.53. The van der Waals surface area contributed by atoms with Gasteiger partial charge in [-0.15, -0.1) is 0 Å². The molecule has 0 spiro atoms. The van der Waals surface area contributed by atoms with E-state index in [1.54, 1.807) is 0 Å². The maximum Gasteiger partial charge on any atom is 0.441 e. The van der Waals surface area contributed by atoms with Gasteiger partial charge in [-0.3, -0.25) is 4.79 Å². The highest BCUT2D eigenvalue weighted by molar-refractivity contribution is 5.70. The van der Waals surface area contributed by atoms with Crippen LogP contribution in [0.1, 0.15) is 19.9 Å². The van der Waals surface area contributed by atoms with Crippen molar-refractivity contribution in [2.45, 2.75) is 19.9 Å². The normalized spacial score (nSPS) is 14.2. The molecule has 1 rings (SSSR count). The summed E-state index contributed by atoms with van der Waals surface area (Å²) >= 11 is 0. The van der Waals surface area contributed by atoms with Gasteiger partial charge in [0.1, 0.15) is 0 Å². The molecule has 1 heterocycles. The number of rotatable bonds is 4. The smallest absolute Gasteiger partial charge is 0.441 e. The fourth-order valence-corrected chi connectivity index (χ4v) is 1.33. The second kappa shape index (κ2) is 4.28. The van der Waals surface area contributed by atoms with Gasteiger partial charge in [-0.1, -0.05) is 0 Å². The number of aliphatic carboxylic acids is 1. The third kappa shape index (κ3) is 2.12. The molecule has 0 saturated heterocycles. The lowest BCUT2D eigenvalue weighted by Crippen LogP contribution is -2.22. The minimum atomic E-state index is -1.18. The van der Waals surface area contributed by atoms with Gasteiger partial charge in [0.05, 0.1) is 12.0 Å². The van der Waals surface area contributed by atoms with E-state index in [1.165, 1.54) is 13.8 Å². The lowest BCUT2D eigenvalue weighted by molar-refractivity contribution is -0.397. The van der Waals surface area contributed by atoms with E-state index in [9.17, 15) is 20.0 Å². The van der Waals surface area contributed by atoms with Gasteiger partial charge in [-0.2, -0.15) is 4.57 Å². The summed E-state index contributed by atoms with van der Waals surface area (Å²) in [5.74, 6) is -4.70. The lowest BCUT2D eigenvalue weighted by atomic mass is 10.0. The zero-order valence-electron chi connectivity index (χ0n) is 9.06. The zero-order valence-corrected chi connectivity index (χ0v) is 9.06. The van der Waals surface area contributed by atoms with E-state index < -0.39 is 40.6 Å². The fourth-order valence-electron chi connectivity index (χ4n) is 1.33. The van der Waals surface area contributed by atoms with Crippen molar-refractivity contribution >= 4 is 11.9 Å². The largest absolute Gasteiger partial charge is 0.481 e. The molecule has 0 aliphatic heterocycles. The molecule has 9 nitrogen and oxygen atoms in total.